The molecule has 2 heterocycles. The Morgan fingerprint density at radius 1 is 1.25 bits per heavy atom. The van der Waals surface area contributed by atoms with Crippen LogP contribution in [0.2, 0.25) is 0 Å². The first kappa shape index (κ1) is 15.5. The van der Waals surface area contributed by atoms with Gasteiger partial charge < -0.3 is 14.8 Å². The normalized spacial score (nSPS) is 19.4. The van der Waals surface area contributed by atoms with Crippen LogP contribution >= 0.6 is 0 Å². The van der Waals surface area contributed by atoms with E-state index in [-0.39, 0.29) is 0 Å². The summed E-state index contributed by atoms with van der Waals surface area (Å²) in [5, 5.41) is 3.62. The molecule has 0 aliphatic carbocycles. The number of likely N-dealkylation sites (N-methyl/N-ethyl adjacent to an activating group) is 1. The van der Waals surface area contributed by atoms with E-state index >= 15 is 0 Å². The summed E-state index contributed by atoms with van der Waals surface area (Å²) < 4.78 is 2.23. The number of hydrogen-bond donors (Lipinski definition) is 1. The van der Waals surface area contributed by atoms with E-state index in [9.17, 15) is 0 Å². The maximum Gasteiger partial charge on any atom is 0.0951 e. The predicted molar refractivity (Wildman–Crippen MR) is 83.1 cm³/mol. The molecule has 0 radical (unpaired) electrons. The molecule has 20 heavy (non-hydrogen) atoms. The van der Waals surface area contributed by atoms with Crippen LogP contribution in [0, 0.1) is 13.8 Å². The highest BCUT2D eigenvalue weighted by atomic mass is 15.3. The Morgan fingerprint density at radius 2 is 1.95 bits per heavy atom. The maximum absolute atomic E-state index is 4.34. The van der Waals surface area contributed by atoms with Gasteiger partial charge in [0, 0.05) is 57.5 Å². The molecule has 5 nitrogen and oxygen atoms in total. The zero-order valence-electron chi connectivity index (χ0n) is 13.4. The second-order valence-corrected chi connectivity index (χ2v) is 6.07. The van der Waals surface area contributed by atoms with Gasteiger partial charge in [0.2, 0.25) is 0 Å². The first-order chi connectivity index (χ1) is 9.56. The number of nitrogens with zero attached hydrogens (tertiary/aromatic N) is 4. The Kier molecular flexibility index (Phi) is 5.57. The SMILES string of the molecule is Cc1ncn(CCNC(C)CN2CCN(C)CC2)c1C. The number of piperazine rings is 1. The Hall–Kier alpha value is -0.910. The van der Waals surface area contributed by atoms with Crippen molar-refractivity contribution in [3.63, 3.8) is 0 Å². The minimum atomic E-state index is 0.545. The van der Waals surface area contributed by atoms with E-state index in [0.29, 0.717) is 6.04 Å². The third-order valence-electron chi connectivity index (χ3n) is 4.32. The van der Waals surface area contributed by atoms with Gasteiger partial charge in [0.15, 0.2) is 0 Å². The number of nitrogens with one attached hydrogen (secondary N) is 1. The van der Waals surface area contributed by atoms with Crippen molar-refractivity contribution in [2.24, 2.45) is 0 Å². The highest BCUT2D eigenvalue weighted by Gasteiger charge is 2.15. The van der Waals surface area contributed by atoms with E-state index in [1.165, 1.54) is 31.9 Å². The largest absolute Gasteiger partial charge is 0.333 e. The Bertz CT molecular complexity index is 406. The average Bonchev–Trinajstić information content (AvgIpc) is 2.73. The molecule has 1 unspecified atom stereocenters. The predicted octanol–water partition coefficient (Wildman–Crippen LogP) is 0.725. The van der Waals surface area contributed by atoms with Crippen molar-refractivity contribution in [2.75, 3.05) is 46.3 Å². The summed E-state index contributed by atoms with van der Waals surface area (Å²) in [6, 6.07) is 0.545. The fourth-order valence-corrected chi connectivity index (χ4v) is 2.68. The van der Waals surface area contributed by atoms with Crippen LogP contribution in [-0.2, 0) is 6.54 Å². The van der Waals surface area contributed by atoms with Gasteiger partial charge in [-0.2, -0.15) is 0 Å². The third-order valence-corrected chi connectivity index (χ3v) is 4.32. The minimum Gasteiger partial charge on any atom is -0.333 e. The van der Waals surface area contributed by atoms with E-state index in [1.807, 2.05) is 6.33 Å². The van der Waals surface area contributed by atoms with Gasteiger partial charge in [-0.15, -0.1) is 0 Å². The fraction of sp³-hybridized carbons (Fsp3) is 0.800. The minimum absolute atomic E-state index is 0.545. The summed E-state index contributed by atoms with van der Waals surface area (Å²) in [5.41, 5.74) is 2.41. The molecule has 2 rings (SSSR count). The molecule has 1 N–H and O–H groups in total. The van der Waals surface area contributed by atoms with Crippen LogP contribution in [0.4, 0.5) is 0 Å². The molecule has 1 fully saturated rings. The highest BCUT2D eigenvalue weighted by molar-refractivity contribution is 5.08. The zero-order valence-corrected chi connectivity index (χ0v) is 13.4. The van der Waals surface area contributed by atoms with Gasteiger partial charge in [-0.1, -0.05) is 0 Å². The first-order valence-corrected chi connectivity index (χ1v) is 7.69. The lowest BCUT2D eigenvalue weighted by atomic mass is 10.2. The van der Waals surface area contributed by atoms with Crippen molar-refractivity contribution in [1.29, 1.82) is 0 Å². The highest BCUT2D eigenvalue weighted by Crippen LogP contribution is 2.03. The molecule has 1 aromatic rings. The summed E-state index contributed by atoms with van der Waals surface area (Å²) in [6.45, 7) is 14.4. The molecular weight excluding hydrogens is 250 g/mol. The lowest BCUT2D eigenvalue weighted by Gasteiger charge is -2.34. The van der Waals surface area contributed by atoms with Gasteiger partial charge in [-0.05, 0) is 27.8 Å². The zero-order chi connectivity index (χ0) is 14.5. The average molecular weight is 279 g/mol. The van der Waals surface area contributed by atoms with Gasteiger partial charge >= 0.3 is 0 Å². The van der Waals surface area contributed by atoms with Crippen LogP contribution in [0.15, 0.2) is 6.33 Å². The van der Waals surface area contributed by atoms with Crippen molar-refractivity contribution in [3.8, 4) is 0 Å². The molecule has 1 aliphatic heterocycles. The maximum atomic E-state index is 4.34. The third kappa shape index (κ3) is 4.30. The molecule has 0 spiro atoms. The number of hydrogen-bond acceptors (Lipinski definition) is 4. The van der Waals surface area contributed by atoms with Gasteiger partial charge in [-0.3, -0.25) is 4.90 Å². The van der Waals surface area contributed by atoms with Crippen molar-refractivity contribution in [3.05, 3.63) is 17.7 Å². The molecule has 1 saturated heterocycles. The quantitative estimate of drug-likeness (QED) is 0.833. The Labute approximate surface area is 123 Å². The molecule has 5 heteroatoms. The fourth-order valence-electron chi connectivity index (χ4n) is 2.68. The first-order valence-electron chi connectivity index (χ1n) is 7.69. The second kappa shape index (κ2) is 7.20. The molecule has 1 aromatic heterocycles. The van der Waals surface area contributed by atoms with Crippen LogP contribution in [0.3, 0.4) is 0 Å². The van der Waals surface area contributed by atoms with E-state index in [4.69, 9.17) is 0 Å². The van der Waals surface area contributed by atoms with Crippen molar-refractivity contribution < 1.29 is 0 Å². The number of imidazole rings is 1. The van der Waals surface area contributed by atoms with Crippen LogP contribution in [-0.4, -0.2) is 71.7 Å². The summed E-state index contributed by atoms with van der Waals surface area (Å²) in [5.74, 6) is 0. The molecule has 0 bridgehead atoms. The molecule has 1 atom stereocenters. The van der Waals surface area contributed by atoms with Crippen LogP contribution in [0.25, 0.3) is 0 Å². The van der Waals surface area contributed by atoms with E-state index < -0.39 is 0 Å². The summed E-state index contributed by atoms with van der Waals surface area (Å²) in [7, 11) is 2.20. The summed E-state index contributed by atoms with van der Waals surface area (Å²) in [4.78, 5) is 9.30. The van der Waals surface area contributed by atoms with Gasteiger partial charge in [0.05, 0.1) is 12.0 Å². The standard InChI is InChI=1S/C15H29N5/c1-13(11-19-9-7-18(4)8-10-19)16-5-6-20-12-17-14(2)15(20)3/h12-13,16H,5-11H2,1-4H3. The summed E-state index contributed by atoms with van der Waals surface area (Å²) in [6.07, 6.45) is 1.94. The molecule has 0 amide bonds. The van der Waals surface area contributed by atoms with Gasteiger partial charge in [0.1, 0.15) is 0 Å². The van der Waals surface area contributed by atoms with Crippen LogP contribution in [0.1, 0.15) is 18.3 Å². The molecule has 0 saturated carbocycles. The van der Waals surface area contributed by atoms with Crippen molar-refractivity contribution >= 4 is 0 Å². The van der Waals surface area contributed by atoms with E-state index in [2.05, 4.69) is 52.5 Å². The topological polar surface area (TPSA) is 36.3 Å². The number of aromatic nitrogens is 2. The Morgan fingerprint density at radius 3 is 2.55 bits per heavy atom. The molecular formula is C15H29N5. The second-order valence-electron chi connectivity index (χ2n) is 6.07. The van der Waals surface area contributed by atoms with Crippen LogP contribution < -0.4 is 5.32 Å². The monoisotopic (exact) mass is 279 g/mol. The van der Waals surface area contributed by atoms with Crippen LogP contribution in [0.5, 0.6) is 0 Å². The molecule has 1 aliphatic rings. The van der Waals surface area contributed by atoms with Crippen molar-refractivity contribution in [1.82, 2.24) is 24.7 Å². The smallest absolute Gasteiger partial charge is 0.0951 e. The van der Waals surface area contributed by atoms with E-state index in [0.717, 1.165) is 25.3 Å². The van der Waals surface area contributed by atoms with E-state index in [1.54, 1.807) is 0 Å². The summed E-state index contributed by atoms with van der Waals surface area (Å²) >= 11 is 0. The number of rotatable bonds is 6. The van der Waals surface area contributed by atoms with Crippen molar-refractivity contribution in [2.45, 2.75) is 33.4 Å². The molecule has 0 aromatic carbocycles. The molecule has 114 valence electrons. The Balaban J connectivity index is 1.65. The lowest BCUT2D eigenvalue weighted by Crippen LogP contribution is -2.49. The van der Waals surface area contributed by atoms with Gasteiger partial charge in [0.25, 0.3) is 0 Å². The lowest BCUT2D eigenvalue weighted by molar-refractivity contribution is 0.144. The number of aryl methyl sites for hydroxylation is 1. The van der Waals surface area contributed by atoms with Gasteiger partial charge in [-0.25, -0.2) is 4.98 Å².